The number of benzene rings is 3. The van der Waals surface area contributed by atoms with Crippen LogP contribution in [0.4, 0.5) is 29.0 Å². The smallest absolute Gasteiger partial charge is 0.320 e. The molecule has 0 saturated carbocycles. The normalized spacial score (nSPS) is 10.9. The van der Waals surface area contributed by atoms with Crippen molar-refractivity contribution in [2.45, 2.75) is 20.8 Å². The Morgan fingerprint density at radius 1 is 0.800 bits per heavy atom. The van der Waals surface area contributed by atoms with Crippen molar-refractivity contribution in [2.24, 2.45) is 0 Å². The predicted octanol–water partition coefficient (Wildman–Crippen LogP) is 4.43. The van der Waals surface area contributed by atoms with Gasteiger partial charge in [-0.1, -0.05) is 24.3 Å². The average molecular weight is 402 g/mol. The van der Waals surface area contributed by atoms with Gasteiger partial charge in [-0.3, -0.25) is 0 Å². The van der Waals surface area contributed by atoms with E-state index in [2.05, 4.69) is 25.6 Å². The number of hydrogen-bond acceptors (Lipinski definition) is 8. The van der Waals surface area contributed by atoms with Crippen molar-refractivity contribution in [1.29, 1.82) is 0 Å². The lowest BCUT2D eigenvalue weighted by Gasteiger charge is -2.15. The van der Waals surface area contributed by atoms with Gasteiger partial charge in [-0.05, 0) is 61.0 Å². The highest BCUT2D eigenvalue weighted by molar-refractivity contribution is 6.03. The number of nitrogen functional groups attached to an aromatic ring is 1. The maximum atomic E-state index is 10.6. The molecule has 0 spiro atoms. The summed E-state index contributed by atoms with van der Waals surface area (Å²) in [6.07, 6.45) is 0. The van der Waals surface area contributed by atoms with E-state index in [1.807, 2.05) is 63.2 Å². The molecule has 0 bridgehead atoms. The van der Waals surface area contributed by atoms with Crippen LogP contribution in [0.25, 0.3) is 10.8 Å². The van der Waals surface area contributed by atoms with Crippen LogP contribution in [0.1, 0.15) is 16.7 Å². The van der Waals surface area contributed by atoms with E-state index in [1.54, 1.807) is 0 Å². The number of phenols is 1. The third-order valence-electron chi connectivity index (χ3n) is 4.86. The number of phenolic OH excluding ortho intramolecular Hbond substituents is 1. The Labute approximate surface area is 173 Å². The first kappa shape index (κ1) is 19.3. The molecule has 0 aliphatic heterocycles. The number of rotatable bonds is 4. The maximum absolute atomic E-state index is 10.6. The molecule has 30 heavy (non-hydrogen) atoms. The molecule has 0 fully saturated rings. The molecule has 1 heterocycles. The van der Waals surface area contributed by atoms with E-state index in [0.29, 0.717) is 16.8 Å². The highest BCUT2D eigenvalue weighted by Crippen LogP contribution is 2.39. The van der Waals surface area contributed by atoms with E-state index < -0.39 is 6.01 Å². The summed E-state index contributed by atoms with van der Waals surface area (Å²) in [6.45, 7) is 5.75. The van der Waals surface area contributed by atoms with Crippen molar-refractivity contribution >= 4 is 39.7 Å². The molecule has 152 valence electrons. The van der Waals surface area contributed by atoms with E-state index in [9.17, 15) is 10.2 Å². The first-order chi connectivity index (χ1) is 14.3. The first-order valence-electron chi connectivity index (χ1n) is 9.39. The molecule has 4 aromatic rings. The van der Waals surface area contributed by atoms with Gasteiger partial charge in [-0.15, -0.1) is 0 Å². The Morgan fingerprint density at radius 3 is 2.17 bits per heavy atom. The highest BCUT2D eigenvalue weighted by atomic mass is 16.3. The molecule has 0 aliphatic carbocycles. The minimum absolute atomic E-state index is 0.0102. The molecule has 8 nitrogen and oxygen atoms in total. The number of aryl methyl sites for hydroxylation is 3. The lowest BCUT2D eigenvalue weighted by molar-refractivity contribution is 0.430. The standard InChI is InChI=1S/C22H22N6O2/c1-11-8-14-10-13(3)18(23)19(29)17(14)16(9-11)25-21-26-20(27-22(30)28-21)24-15-7-5-4-6-12(15)2/h4-10,29H,23H2,1-3H3,(H3,24,25,26,27,28,30). The molecule has 6 N–H and O–H groups in total. The van der Waals surface area contributed by atoms with Crippen molar-refractivity contribution in [1.82, 2.24) is 15.0 Å². The molecular weight excluding hydrogens is 380 g/mol. The zero-order valence-corrected chi connectivity index (χ0v) is 16.9. The molecule has 0 saturated heterocycles. The number of aromatic nitrogens is 3. The summed E-state index contributed by atoms with van der Waals surface area (Å²) >= 11 is 0. The molecular formula is C22H22N6O2. The van der Waals surface area contributed by atoms with Gasteiger partial charge in [-0.25, -0.2) is 0 Å². The Hall–Kier alpha value is -4.07. The number of nitrogens with zero attached hydrogens (tertiary/aromatic N) is 3. The first-order valence-corrected chi connectivity index (χ1v) is 9.39. The number of para-hydroxylation sites is 1. The summed E-state index contributed by atoms with van der Waals surface area (Å²) in [5, 5.41) is 28.2. The fourth-order valence-corrected chi connectivity index (χ4v) is 3.35. The quantitative estimate of drug-likeness (QED) is 0.250. The molecule has 3 aromatic carbocycles. The summed E-state index contributed by atoms with van der Waals surface area (Å²) < 4.78 is 0. The third kappa shape index (κ3) is 3.62. The minimum atomic E-state index is -0.430. The third-order valence-corrected chi connectivity index (χ3v) is 4.86. The van der Waals surface area contributed by atoms with E-state index in [4.69, 9.17) is 5.73 Å². The van der Waals surface area contributed by atoms with Gasteiger partial charge in [0.2, 0.25) is 11.9 Å². The molecule has 0 unspecified atom stereocenters. The minimum Gasteiger partial charge on any atom is -0.505 e. The van der Waals surface area contributed by atoms with Crippen LogP contribution >= 0.6 is 0 Å². The fourth-order valence-electron chi connectivity index (χ4n) is 3.35. The second kappa shape index (κ2) is 7.40. The number of nitrogens with two attached hydrogens (primary N) is 1. The largest absolute Gasteiger partial charge is 0.505 e. The van der Waals surface area contributed by atoms with Gasteiger partial charge in [0.25, 0.3) is 0 Å². The average Bonchev–Trinajstić information content (AvgIpc) is 2.67. The van der Waals surface area contributed by atoms with Crippen LogP contribution in [-0.2, 0) is 0 Å². The second-order valence-electron chi connectivity index (χ2n) is 7.21. The molecule has 0 atom stereocenters. The van der Waals surface area contributed by atoms with E-state index in [1.165, 1.54) is 0 Å². The Balaban J connectivity index is 1.76. The fraction of sp³-hybridized carbons (Fsp3) is 0.136. The van der Waals surface area contributed by atoms with Crippen molar-refractivity contribution in [2.75, 3.05) is 16.4 Å². The Bertz CT molecular complexity index is 1270. The van der Waals surface area contributed by atoms with Gasteiger partial charge in [0.1, 0.15) is 5.75 Å². The topological polar surface area (TPSA) is 129 Å². The van der Waals surface area contributed by atoms with E-state index in [-0.39, 0.29) is 17.6 Å². The van der Waals surface area contributed by atoms with Crippen molar-refractivity contribution in [3.8, 4) is 11.8 Å². The van der Waals surface area contributed by atoms with Crippen molar-refractivity contribution in [3.63, 3.8) is 0 Å². The molecule has 8 heteroatoms. The molecule has 0 amide bonds. The molecule has 0 radical (unpaired) electrons. The molecule has 1 aromatic heterocycles. The molecule has 4 rings (SSSR count). The van der Waals surface area contributed by atoms with Crippen LogP contribution in [0.15, 0.2) is 42.5 Å². The van der Waals surface area contributed by atoms with Gasteiger partial charge in [0.05, 0.1) is 11.4 Å². The van der Waals surface area contributed by atoms with E-state index in [0.717, 1.165) is 27.8 Å². The number of hydrogen-bond donors (Lipinski definition) is 5. The summed E-state index contributed by atoms with van der Waals surface area (Å²) in [5.41, 5.74) is 10.5. The zero-order chi connectivity index (χ0) is 21.4. The summed E-state index contributed by atoms with van der Waals surface area (Å²) in [5.74, 6) is 0.309. The highest BCUT2D eigenvalue weighted by Gasteiger charge is 2.15. The van der Waals surface area contributed by atoms with Crippen LogP contribution in [0, 0.1) is 20.8 Å². The van der Waals surface area contributed by atoms with Gasteiger partial charge in [-0.2, -0.15) is 15.0 Å². The van der Waals surface area contributed by atoms with Gasteiger partial charge < -0.3 is 26.6 Å². The van der Waals surface area contributed by atoms with Crippen LogP contribution in [0.2, 0.25) is 0 Å². The summed E-state index contributed by atoms with van der Waals surface area (Å²) in [4.78, 5) is 12.3. The van der Waals surface area contributed by atoms with Crippen LogP contribution < -0.4 is 16.4 Å². The Morgan fingerprint density at radius 2 is 1.47 bits per heavy atom. The number of aromatic hydroxyl groups is 2. The SMILES string of the molecule is Cc1cc(Nc2nc(O)nc(Nc3ccccc3C)n2)c2c(O)c(N)c(C)cc2c1. The van der Waals surface area contributed by atoms with Gasteiger partial charge >= 0.3 is 6.01 Å². The van der Waals surface area contributed by atoms with Gasteiger partial charge in [0.15, 0.2) is 0 Å². The lowest BCUT2D eigenvalue weighted by Crippen LogP contribution is -2.05. The van der Waals surface area contributed by atoms with Crippen LogP contribution in [0.5, 0.6) is 11.8 Å². The monoisotopic (exact) mass is 402 g/mol. The lowest BCUT2D eigenvalue weighted by atomic mass is 10.0. The second-order valence-corrected chi connectivity index (χ2v) is 7.21. The van der Waals surface area contributed by atoms with Crippen molar-refractivity contribution < 1.29 is 10.2 Å². The van der Waals surface area contributed by atoms with Gasteiger partial charge in [0, 0.05) is 11.1 Å². The molecule has 0 aliphatic rings. The zero-order valence-electron chi connectivity index (χ0n) is 16.9. The van der Waals surface area contributed by atoms with E-state index >= 15 is 0 Å². The maximum Gasteiger partial charge on any atom is 0.320 e. The predicted molar refractivity (Wildman–Crippen MR) is 119 cm³/mol. The summed E-state index contributed by atoms with van der Waals surface area (Å²) in [7, 11) is 0. The number of fused-ring (bicyclic) bond motifs is 1. The summed E-state index contributed by atoms with van der Waals surface area (Å²) in [6, 6.07) is 13.0. The number of anilines is 5. The van der Waals surface area contributed by atoms with Crippen molar-refractivity contribution in [3.05, 3.63) is 59.2 Å². The van der Waals surface area contributed by atoms with Crippen LogP contribution in [-0.4, -0.2) is 25.2 Å². The number of nitrogens with one attached hydrogen (secondary N) is 2. The Kier molecular flexibility index (Phi) is 4.75. The van der Waals surface area contributed by atoms with Crippen LogP contribution in [0.3, 0.4) is 0 Å².